The molecule has 2 rings (SSSR count). The molecule has 0 saturated carbocycles. The Kier molecular flexibility index (Phi) is 6.40. The summed E-state index contributed by atoms with van der Waals surface area (Å²) in [6.45, 7) is 1.49. The molecule has 8 heteroatoms. The van der Waals surface area contributed by atoms with Crippen LogP contribution in [-0.2, 0) is 15.3 Å². The average molecular weight is 345 g/mol. The topological polar surface area (TPSA) is 94.3 Å². The molecule has 0 radical (unpaired) electrons. The third kappa shape index (κ3) is 5.14. The quantitative estimate of drug-likeness (QED) is 0.462. The van der Waals surface area contributed by atoms with E-state index in [1.54, 1.807) is 25.3 Å². The molecular formula is C16H15N3O4S. The van der Waals surface area contributed by atoms with Crippen molar-refractivity contribution in [3.05, 3.63) is 41.4 Å². The van der Waals surface area contributed by atoms with Gasteiger partial charge in [-0.05, 0) is 19.1 Å². The predicted octanol–water partition coefficient (Wildman–Crippen LogP) is 1.58. The maximum atomic E-state index is 12.1. The highest BCUT2D eigenvalue weighted by atomic mass is 32.2. The van der Waals surface area contributed by atoms with E-state index in [-0.39, 0.29) is 12.1 Å². The first-order chi connectivity index (χ1) is 11.6. The molecule has 2 aromatic rings. The van der Waals surface area contributed by atoms with Crippen LogP contribution in [0.3, 0.4) is 0 Å². The lowest BCUT2D eigenvalue weighted by molar-refractivity contribution is -0.123. The summed E-state index contributed by atoms with van der Waals surface area (Å²) in [6, 6.07) is 5.02. The van der Waals surface area contributed by atoms with Crippen molar-refractivity contribution in [3.63, 3.8) is 0 Å². The number of terminal acetylenes is 1. The van der Waals surface area contributed by atoms with Gasteiger partial charge < -0.3 is 14.6 Å². The summed E-state index contributed by atoms with van der Waals surface area (Å²) >= 11 is 1.33. The molecule has 0 fully saturated rings. The molecule has 24 heavy (non-hydrogen) atoms. The Hall–Kier alpha value is -2.79. The van der Waals surface area contributed by atoms with Crippen molar-refractivity contribution in [2.45, 2.75) is 17.7 Å². The van der Waals surface area contributed by atoms with Gasteiger partial charge >= 0.3 is 5.97 Å². The van der Waals surface area contributed by atoms with Gasteiger partial charge in [0.1, 0.15) is 10.8 Å². The fourth-order valence-corrected chi connectivity index (χ4v) is 2.56. The maximum Gasteiger partial charge on any atom is 0.341 e. The summed E-state index contributed by atoms with van der Waals surface area (Å²) in [7, 11) is 0. The number of esters is 1. The number of hydrogen-bond acceptors (Lipinski definition) is 7. The van der Waals surface area contributed by atoms with E-state index >= 15 is 0 Å². The number of nitrogens with zero attached hydrogens (tertiary/aromatic N) is 2. The fraction of sp³-hybridized carbons (Fsp3) is 0.250. The van der Waals surface area contributed by atoms with E-state index in [1.807, 2.05) is 6.07 Å². The number of aromatic nitrogens is 2. The molecule has 0 aliphatic heterocycles. The number of aryl methyl sites for hydroxylation is 1. The van der Waals surface area contributed by atoms with Crippen LogP contribution in [0.2, 0.25) is 0 Å². The lowest BCUT2D eigenvalue weighted by Crippen LogP contribution is -2.29. The third-order valence-electron chi connectivity index (χ3n) is 2.75. The highest BCUT2D eigenvalue weighted by Gasteiger charge is 2.16. The number of hydrogen-bond donors (Lipinski definition) is 1. The fourth-order valence-electron chi connectivity index (χ4n) is 1.70. The third-order valence-corrected chi connectivity index (χ3v) is 3.79. The minimum atomic E-state index is -0.627. The van der Waals surface area contributed by atoms with Crippen molar-refractivity contribution >= 4 is 23.6 Å². The number of carbonyl (C=O) groups excluding carboxylic acids is 2. The van der Waals surface area contributed by atoms with Gasteiger partial charge in [0.25, 0.3) is 5.91 Å². The summed E-state index contributed by atoms with van der Waals surface area (Å²) in [6.07, 6.45) is 6.61. The minimum Gasteiger partial charge on any atom is -0.452 e. The molecule has 0 aliphatic carbocycles. The van der Waals surface area contributed by atoms with E-state index in [0.29, 0.717) is 16.5 Å². The molecule has 1 amide bonds. The van der Waals surface area contributed by atoms with Crippen LogP contribution in [0, 0.1) is 19.3 Å². The van der Waals surface area contributed by atoms with Crippen LogP contribution < -0.4 is 5.32 Å². The SMILES string of the molecule is C#CCNC(=O)COC(=O)c1cccnc1SCc1cc(C)on1. The van der Waals surface area contributed by atoms with Gasteiger partial charge in [0.05, 0.1) is 17.8 Å². The predicted molar refractivity (Wildman–Crippen MR) is 87.2 cm³/mol. The Balaban J connectivity index is 1.95. The van der Waals surface area contributed by atoms with Gasteiger partial charge in [0.15, 0.2) is 6.61 Å². The number of ether oxygens (including phenoxy) is 1. The van der Waals surface area contributed by atoms with E-state index in [0.717, 1.165) is 5.69 Å². The number of thioether (sulfide) groups is 1. The molecule has 2 heterocycles. The first-order valence-electron chi connectivity index (χ1n) is 6.97. The Morgan fingerprint density at radius 2 is 2.33 bits per heavy atom. The van der Waals surface area contributed by atoms with Crippen molar-refractivity contribution in [3.8, 4) is 12.3 Å². The van der Waals surface area contributed by atoms with E-state index in [1.165, 1.54) is 11.8 Å². The molecule has 0 aliphatic rings. The van der Waals surface area contributed by atoms with E-state index in [2.05, 4.69) is 21.4 Å². The second-order valence-electron chi connectivity index (χ2n) is 4.63. The Morgan fingerprint density at radius 1 is 1.50 bits per heavy atom. The molecular weight excluding hydrogens is 330 g/mol. The van der Waals surface area contributed by atoms with Crippen LogP contribution in [-0.4, -0.2) is 35.2 Å². The number of amides is 1. The van der Waals surface area contributed by atoms with Crippen LogP contribution in [0.4, 0.5) is 0 Å². The van der Waals surface area contributed by atoms with Gasteiger partial charge in [0, 0.05) is 18.0 Å². The summed E-state index contributed by atoms with van der Waals surface area (Å²) < 4.78 is 9.97. The smallest absolute Gasteiger partial charge is 0.341 e. The molecule has 2 aromatic heterocycles. The highest BCUT2D eigenvalue weighted by molar-refractivity contribution is 7.98. The average Bonchev–Trinajstić information content (AvgIpc) is 3.01. The minimum absolute atomic E-state index is 0.0848. The number of nitrogens with one attached hydrogen (secondary N) is 1. The Labute approximate surface area is 143 Å². The number of carbonyl (C=O) groups is 2. The van der Waals surface area contributed by atoms with Crippen molar-refractivity contribution in [1.29, 1.82) is 0 Å². The van der Waals surface area contributed by atoms with E-state index in [4.69, 9.17) is 15.7 Å². The van der Waals surface area contributed by atoms with Gasteiger partial charge in [-0.2, -0.15) is 0 Å². The zero-order valence-electron chi connectivity index (χ0n) is 12.9. The Bertz CT molecular complexity index is 767. The van der Waals surface area contributed by atoms with Crippen LogP contribution in [0.25, 0.3) is 0 Å². The van der Waals surface area contributed by atoms with Crippen molar-refractivity contribution in [1.82, 2.24) is 15.5 Å². The van der Waals surface area contributed by atoms with Crippen molar-refractivity contribution in [2.75, 3.05) is 13.2 Å². The van der Waals surface area contributed by atoms with Crippen LogP contribution >= 0.6 is 11.8 Å². The second-order valence-corrected chi connectivity index (χ2v) is 5.59. The molecule has 0 saturated heterocycles. The lowest BCUT2D eigenvalue weighted by atomic mass is 10.3. The second kappa shape index (κ2) is 8.74. The molecule has 0 atom stereocenters. The summed E-state index contributed by atoms with van der Waals surface area (Å²) in [4.78, 5) is 27.7. The van der Waals surface area contributed by atoms with Crippen molar-refractivity contribution < 1.29 is 18.8 Å². The van der Waals surface area contributed by atoms with Gasteiger partial charge in [-0.1, -0.05) is 22.8 Å². The molecule has 1 N–H and O–H groups in total. The number of pyridine rings is 1. The molecule has 7 nitrogen and oxygen atoms in total. The number of rotatable bonds is 7. The summed E-state index contributed by atoms with van der Waals surface area (Å²) in [5, 5.41) is 6.79. The molecule has 0 unspecified atom stereocenters. The zero-order valence-corrected chi connectivity index (χ0v) is 13.8. The lowest BCUT2D eigenvalue weighted by Gasteiger charge is -2.07. The highest BCUT2D eigenvalue weighted by Crippen LogP contribution is 2.24. The van der Waals surface area contributed by atoms with Crippen LogP contribution in [0.15, 0.2) is 33.9 Å². The molecule has 0 spiro atoms. The first-order valence-corrected chi connectivity index (χ1v) is 7.96. The standard InChI is InChI=1S/C16H15N3O4S/c1-3-6-17-14(20)9-22-16(21)13-5-4-7-18-15(13)24-10-12-8-11(2)23-19-12/h1,4-5,7-8H,6,9-10H2,2H3,(H,17,20). The van der Waals surface area contributed by atoms with Gasteiger partial charge in [-0.25, -0.2) is 9.78 Å². The van der Waals surface area contributed by atoms with Crippen molar-refractivity contribution in [2.24, 2.45) is 0 Å². The largest absolute Gasteiger partial charge is 0.452 e. The normalized spacial score (nSPS) is 10.0. The van der Waals surface area contributed by atoms with E-state index in [9.17, 15) is 9.59 Å². The molecule has 0 bridgehead atoms. The van der Waals surface area contributed by atoms with Gasteiger partial charge in [-0.15, -0.1) is 6.42 Å². The van der Waals surface area contributed by atoms with Crippen LogP contribution in [0.1, 0.15) is 21.8 Å². The monoisotopic (exact) mass is 345 g/mol. The van der Waals surface area contributed by atoms with E-state index < -0.39 is 18.5 Å². The first kappa shape index (κ1) is 17.6. The maximum absolute atomic E-state index is 12.1. The molecule has 0 aromatic carbocycles. The molecule has 124 valence electrons. The Morgan fingerprint density at radius 3 is 3.04 bits per heavy atom. The van der Waals surface area contributed by atoms with Gasteiger partial charge in [-0.3, -0.25) is 4.79 Å². The summed E-state index contributed by atoms with van der Waals surface area (Å²) in [5.74, 6) is 2.38. The summed E-state index contributed by atoms with van der Waals surface area (Å²) in [5.41, 5.74) is 1.03. The van der Waals surface area contributed by atoms with Crippen LogP contribution in [0.5, 0.6) is 0 Å². The zero-order chi connectivity index (χ0) is 17.4. The van der Waals surface area contributed by atoms with Gasteiger partial charge in [0.2, 0.25) is 0 Å².